The molecule has 4 nitrogen and oxygen atoms in total. The van der Waals surface area contributed by atoms with E-state index in [4.69, 9.17) is 9.47 Å². The molecule has 36 heavy (non-hydrogen) atoms. The van der Waals surface area contributed by atoms with Gasteiger partial charge in [-0.05, 0) is 36.0 Å². The Balaban J connectivity index is 2.55. The highest BCUT2D eigenvalue weighted by atomic mass is 16.5. The summed E-state index contributed by atoms with van der Waals surface area (Å²) < 4.78 is 11.1. The predicted molar refractivity (Wildman–Crippen MR) is 151 cm³/mol. The molecule has 0 aliphatic carbocycles. The molecule has 1 aromatic carbocycles. The van der Waals surface area contributed by atoms with E-state index in [1.807, 2.05) is 12.1 Å². The van der Waals surface area contributed by atoms with Crippen molar-refractivity contribution in [2.24, 2.45) is 0 Å². The lowest BCUT2D eigenvalue weighted by molar-refractivity contribution is 0.0450. The van der Waals surface area contributed by atoms with Gasteiger partial charge in [-0.2, -0.15) is 0 Å². The molecule has 1 aromatic rings. The second-order valence-electron chi connectivity index (χ2n) is 11.2. The minimum absolute atomic E-state index is 0.133. The molecule has 0 saturated heterocycles. The quantitative estimate of drug-likeness (QED) is 0.131. The molecule has 0 radical (unpaired) electrons. The van der Waals surface area contributed by atoms with Gasteiger partial charge < -0.3 is 9.47 Å². The first-order valence-electron chi connectivity index (χ1n) is 14.8. The lowest BCUT2D eigenvalue weighted by Gasteiger charge is -2.20. The van der Waals surface area contributed by atoms with Crippen LogP contribution in [0.3, 0.4) is 0 Å². The number of carbonyl (C=O) groups excluding carboxylic acids is 2. The zero-order valence-electron chi connectivity index (χ0n) is 24.1. The zero-order chi connectivity index (χ0) is 26.7. The lowest BCUT2D eigenvalue weighted by Crippen LogP contribution is -2.18. The number of esters is 2. The van der Waals surface area contributed by atoms with Gasteiger partial charge in [0.2, 0.25) is 0 Å². The van der Waals surface area contributed by atoms with Crippen LogP contribution < -0.4 is 0 Å². The van der Waals surface area contributed by atoms with Crippen LogP contribution >= 0.6 is 0 Å². The normalized spacial score (nSPS) is 11.5. The summed E-state index contributed by atoms with van der Waals surface area (Å²) in [7, 11) is 0. The van der Waals surface area contributed by atoms with Gasteiger partial charge in [-0.25, -0.2) is 9.59 Å². The molecule has 0 atom stereocenters. The SMILES string of the molecule is CCCCCCCCCCOC(=O)c1ccc(C(C)(C)C)cc1C(=O)OCCCCCCCCCC. The molecule has 0 bridgehead atoms. The molecule has 4 heteroatoms. The average Bonchev–Trinajstić information content (AvgIpc) is 2.85. The van der Waals surface area contributed by atoms with E-state index in [1.54, 1.807) is 6.07 Å². The second-order valence-corrected chi connectivity index (χ2v) is 11.2. The minimum Gasteiger partial charge on any atom is -0.462 e. The molecule has 0 aliphatic heterocycles. The summed E-state index contributed by atoms with van der Waals surface area (Å²) in [5.74, 6) is -0.861. The van der Waals surface area contributed by atoms with Gasteiger partial charge in [-0.3, -0.25) is 0 Å². The standard InChI is InChI=1S/C32H54O4/c1-6-8-10-12-14-16-18-20-24-35-30(33)28-23-22-27(32(3,4)5)26-29(28)31(34)36-25-21-19-17-15-13-11-9-7-2/h22-23,26H,6-21,24-25H2,1-5H3. The number of hydrogen-bond acceptors (Lipinski definition) is 4. The molecule has 206 valence electrons. The first-order valence-corrected chi connectivity index (χ1v) is 14.8. The van der Waals surface area contributed by atoms with Gasteiger partial charge in [0.05, 0.1) is 24.3 Å². The fourth-order valence-electron chi connectivity index (χ4n) is 4.31. The number of ether oxygens (including phenoxy) is 2. The molecule has 0 fully saturated rings. The molecular weight excluding hydrogens is 448 g/mol. The fourth-order valence-corrected chi connectivity index (χ4v) is 4.31. The van der Waals surface area contributed by atoms with Gasteiger partial charge in [-0.1, -0.05) is 131 Å². The van der Waals surface area contributed by atoms with E-state index in [2.05, 4.69) is 34.6 Å². The van der Waals surface area contributed by atoms with E-state index in [1.165, 1.54) is 77.0 Å². The molecule has 0 unspecified atom stereocenters. The highest BCUT2D eigenvalue weighted by Gasteiger charge is 2.23. The van der Waals surface area contributed by atoms with Gasteiger partial charge in [0.25, 0.3) is 0 Å². The van der Waals surface area contributed by atoms with Crippen molar-refractivity contribution < 1.29 is 19.1 Å². The van der Waals surface area contributed by atoms with E-state index >= 15 is 0 Å². The second kappa shape index (κ2) is 19.3. The van der Waals surface area contributed by atoms with Crippen molar-refractivity contribution >= 4 is 11.9 Å². The lowest BCUT2D eigenvalue weighted by atomic mass is 9.85. The van der Waals surface area contributed by atoms with Crippen LogP contribution in [0.5, 0.6) is 0 Å². The number of carbonyl (C=O) groups is 2. The minimum atomic E-state index is -0.433. The van der Waals surface area contributed by atoms with Crippen molar-refractivity contribution in [3.05, 3.63) is 34.9 Å². The third-order valence-corrected chi connectivity index (χ3v) is 6.79. The topological polar surface area (TPSA) is 52.6 Å². The number of rotatable bonds is 20. The maximum atomic E-state index is 12.9. The van der Waals surface area contributed by atoms with Gasteiger partial charge in [-0.15, -0.1) is 0 Å². The Bertz CT molecular complexity index is 732. The summed E-state index contributed by atoms with van der Waals surface area (Å²) in [5.41, 5.74) is 1.50. The summed E-state index contributed by atoms with van der Waals surface area (Å²) in [4.78, 5) is 25.8. The maximum Gasteiger partial charge on any atom is 0.339 e. The Kier molecular flexibility index (Phi) is 17.3. The van der Waals surface area contributed by atoms with Crippen molar-refractivity contribution in [3.63, 3.8) is 0 Å². The third-order valence-electron chi connectivity index (χ3n) is 6.79. The highest BCUT2D eigenvalue weighted by Crippen LogP contribution is 2.26. The van der Waals surface area contributed by atoms with Crippen LogP contribution in [0.1, 0.15) is 164 Å². The molecule has 0 spiro atoms. The molecule has 0 N–H and O–H groups in total. The first kappa shape index (κ1) is 32.2. The van der Waals surface area contributed by atoms with E-state index in [9.17, 15) is 9.59 Å². The number of unbranched alkanes of at least 4 members (excludes halogenated alkanes) is 14. The Morgan fingerprint density at radius 1 is 0.583 bits per heavy atom. The summed E-state index contributed by atoms with van der Waals surface area (Å²) >= 11 is 0. The van der Waals surface area contributed by atoms with E-state index < -0.39 is 11.9 Å². The van der Waals surface area contributed by atoms with Crippen molar-refractivity contribution in [1.29, 1.82) is 0 Å². The van der Waals surface area contributed by atoms with Crippen molar-refractivity contribution in [2.75, 3.05) is 13.2 Å². The smallest absolute Gasteiger partial charge is 0.339 e. The Labute approximate surface area is 221 Å². The monoisotopic (exact) mass is 502 g/mol. The first-order chi connectivity index (χ1) is 17.3. The number of hydrogen-bond donors (Lipinski definition) is 0. The Morgan fingerprint density at radius 2 is 0.972 bits per heavy atom. The van der Waals surface area contributed by atoms with Crippen LogP contribution in [0.15, 0.2) is 18.2 Å². The number of benzene rings is 1. The van der Waals surface area contributed by atoms with Crippen LogP contribution in [0.25, 0.3) is 0 Å². The molecule has 1 rings (SSSR count). The van der Waals surface area contributed by atoms with Gasteiger partial charge in [0.1, 0.15) is 0 Å². The Morgan fingerprint density at radius 3 is 1.39 bits per heavy atom. The molecule has 0 saturated carbocycles. The largest absolute Gasteiger partial charge is 0.462 e. The third kappa shape index (κ3) is 14.0. The summed E-state index contributed by atoms with van der Waals surface area (Å²) in [6, 6.07) is 5.45. The van der Waals surface area contributed by atoms with Gasteiger partial charge in [0, 0.05) is 0 Å². The molecular formula is C32H54O4. The van der Waals surface area contributed by atoms with E-state index in [0.717, 1.165) is 31.2 Å². The highest BCUT2D eigenvalue weighted by molar-refractivity contribution is 6.03. The molecule has 0 aliphatic rings. The molecule has 0 aromatic heterocycles. The Hall–Kier alpha value is -1.84. The zero-order valence-corrected chi connectivity index (χ0v) is 24.1. The van der Waals surface area contributed by atoms with Gasteiger partial charge in [0.15, 0.2) is 0 Å². The summed E-state index contributed by atoms with van der Waals surface area (Å²) in [6.45, 7) is 11.5. The van der Waals surface area contributed by atoms with Crippen molar-refractivity contribution in [3.8, 4) is 0 Å². The van der Waals surface area contributed by atoms with Crippen molar-refractivity contribution in [1.82, 2.24) is 0 Å². The van der Waals surface area contributed by atoms with E-state index in [-0.39, 0.29) is 5.41 Å². The predicted octanol–water partition coefficient (Wildman–Crippen LogP) is 9.58. The van der Waals surface area contributed by atoms with Crippen LogP contribution in [-0.4, -0.2) is 25.2 Å². The van der Waals surface area contributed by atoms with Crippen LogP contribution in [0, 0.1) is 0 Å². The van der Waals surface area contributed by atoms with E-state index in [0.29, 0.717) is 24.3 Å². The fraction of sp³-hybridized carbons (Fsp3) is 0.750. The summed E-state index contributed by atoms with van der Waals surface area (Å²) in [6.07, 6.45) is 19.1. The summed E-state index contributed by atoms with van der Waals surface area (Å²) in [5, 5.41) is 0. The van der Waals surface area contributed by atoms with Gasteiger partial charge >= 0.3 is 11.9 Å². The van der Waals surface area contributed by atoms with Crippen LogP contribution in [0.2, 0.25) is 0 Å². The van der Waals surface area contributed by atoms with Crippen LogP contribution in [-0.2, 0) is 14.9 Å². The van der Waals surface area contributed by atoms with Crippen LogP contribution in [0.4, 0.5) is 0 Å². The van der Waals surface area contributed by atoms with Crippen molar-refractivity contribution in [2.45, 2.75) is 143 Å². The molecule has 0 heterocycles. The average molecular weight is 503 g/mol. The molecule has 0 amide bonds. The maximum absolute atomic E-state index is 12.9.